The van der Waals surface area contributed by atoms with Crippen LogP contribution in [0.3, 0.4) is 0 Å². The second kappa shape index (κ2) is 7.76. The monoisotopic (exact) mass is 516 g/mol. The highest BCUT2D eigenvalue weighted by atomic mass is 35.5. The molecule has 1 unspecified atom stereocenters. The van der Waals surface area contributed by atoms with Crippen molar-refractivity contribution in [2.45, 2.75) is 6.92 Å². The summed E-state index contributed by atoms with van der Waals surface area (Å²) < 4.78 is 18.2. The van der Waals surface area contributed by atoms with E-state index in [4.69, 9.17) is 16.7 Å². The number of nitrogens with zero attached hydrogens (tertiary/aromatic N) is 6. The van der Waals surface area contributed by atoms with Crippen LogP contribution in [0.1, 0.15) is 5.56 Å². The molecule has 1 N–H and O–H groups in total. The van der Waals surface area contributed by atoms with Gasteiger partial charge in [-0.2, -0.15) is 14.6 Å². The maximum atomic E-state index is 15.1. The van der Waals surface area contributed by atoms with Gasteiger partial charge in [-0.1, -0.05) is 29.8 Å². The van der Waals surface area contributed by atoms with Gasteiger partial charge in [0.2, 0.25) is 5.95 Å². The average molecular weight is 517 g/mol. The van der Waals surface area contributed by atoms with E-state index in [0.29, 0.717) is 40.3 Å². The van der Waals surface area contributed by atoms with E-state index in [-0.39, 0.29) is 17.8 Å². The molecule has 1 aliphatic heterocycles. The normalized spacial score (nSPS) is 20.6. The predicted octanol–water partition coefficient (Wildman–Crippen LogP) is 4.84. The molecule has 4 heterocycles. The summed E-state index contributed by atoms with van der Waals surface area (Å²) in [4.78, 5) is 18.1. The number of carbonyl (C=O) groups is 1. The van der Waals surface area contributed by atoms with Crippen LogP contribution in [0.2, 0.25) is 5.02 Å². The maximum Gasteiger partial charge on any atom is 0.307 e. The number of carboxylic acid groups (broad SMARTS) is 1. The van der Waals surface area contributed by atoms with Gasteiger partial charge in [0.15, 0.2) is 0 Å². The molecule has 5 aromatic rings. The fourth-order valence-corrected chi connectivity index (χ4v) is 6.18. The fourth-order valence-electron chi connectivity index (χ4n) is 5.93. The molecule has 0 spiro atoms. The van der Waals surface area contributed by atoms with E-state index in [1.165, 1.54) is 4.68 Å². The summed E-state index contributed by atoms with van der Waals surface area (Å²) in [7, 11) is 1.56. The van der Waals surface area contributed by atoms with Gasteiger partial charge in [0.05, 0.1) is 39.2 Å². The summed E-state index contributed by atoms with van der Waals surface area (Å²) in [6, 6.07) is 13.2. The van der Waals surface area contributed by atoms with E-state index >= 15 is 4.39 Å². The van der Waals surface area contributed by atoms with Crippen molar-refractivity contribution in [2.75, 3.05) is 18.0 Å². The number of carboxylic acids is 1. The van der Waals surface area contributed by atoms with Crippen LogP contribution in [0.4, 0.5) is 10.2 Å². The Morgan fingerprint density at radius 1 is 1.11 bits per heavy atom. The smallest absolute Gasteiger partial charge is 0.307 e. The number of anilines is 1. The number of para-hydroxylation sites is 1. The third kappa shape index (κ3) is 3.20. The van der Waals surface area contributed by atoms with Gasteiger partial charge in [0.25, 0.3) is 0 Å². The van der Waals surface area contributed by atoms with Gasteiger partial charge in [-0.25, -0.2) is 14.3 Å². The van der Waals surface area contributed by atoms with E-state index in [0.717, 1.165) is 28.0 Å². The summed E-state index contributed by atoms with van der Waals surface area (Å²) in [5.41, 5.74) is 4.25. The molecule has 10 heteroatoms. The molecule has 3 atom stereocenters. The van der Waals surface area contributed by atoms with Crippen LogP contribution in [-0.4, -0.2) is 48.7 Å². The van der Waals surface area contributed by atoms with E-state index in [1.54, 1.807) is 25.4 Å². The fraction of sp³-hybridized carbons (Fsp3) is 0.259. The number of hydrogen-bond acceptors (Lipinski definition) is 5. The molecule has 1 saturated heterocycles. The number of aryl methyl sites for hydroxylation is 2. The van der Waals surface area contributed by atoms with Crippen molar-refractivity contribution < 1.29 is 14.3 Å². The molecule has 7 rings (SSSR count). The Labute approximate surface area is 215 Å². The van der Waals surface area contributed by atoms with Gasteiger partial charge in [-0.15, -0.1) is 0 Å². The van der Waals surface area contributed by atoms with Gasteiger partial charge in [-0.3, -0.25) is 4.79 Å². The van der Waals surface area contributed by atoms with Crippen molar-refractivity contribution >= 4 is 45.2 Å². The molecular weight excluding hydrogens is 495 g/mol. The first-order chi connectivity index (χ1) is 17.8. The summed E-state index contributed by atoms with van der Waals surface area (Å²) in [6.07, 6.45) is 1.77. The Morgan fingerprint density at radius 2 is 1.89 bits per heavy atom. The molecule has 2 aromatic carbocycles. The van der Waals surface area contributed by atoms with Crippen molar-refractivity contribution in [3.8, 4) is 16.9 Å². The highest BCUT2D eigenvalue weighted by molar-refractivity contribution is 6.35. The first-order valence-corrected chi connectivity index (χ1v) is 12.4. The second-order valence-corrected chi connectivity index (χ2v) is 10.3. The van der Waals surface area contributed by atoms with E-state index in [9.17, 15) is 9.90 Å². The lowest BCUT2D eigenvalue weighted by atomic mass is 10.0. The van der Waals surface area contributed by atoms with E-state index < -0.39 is 11.9 Å². The lowest BCUT2D eigenvalue weighted by Crippen LogP contribution is -2.26. The van der Waals surface area contributed by atoms with Gasteiger partial charge in [0, 0.05) is 31.1 Å². The second-order valence-electron chi connectivity index (χ2n) is 9.93. The Balaban J connectivity index is 1.33. The van der Waals surface area contributed by atoms with Crippen molar-refractivity contribution in [2.24, 2.45) is 24.8 Å². The quantitative estimate of drug-likeness (QED) is 0.367. The Hall–Kier alpha value is -3.98. The number of piperidine rings is 1. The minimum atomic E-state index is -0.698. The SMILES string of the molecule is Cc1cccc2c(-c3c(Cl)ccc4nn(C)c(F)c34)nn(-c3ccc(N4C[C@@H]5C(C(=O)O)[C@@H]5C4)nc3)c12. The van der Waals surface area contributed by atoms with Crippen LogP contribution in [-0.2, 0) is 11.8 Å². The van der Waals surface area contributed by atoms with Gasteiger partial charge in [0.1, 0.15) is 11.5 Å². The topological polar surface area (TPSA) is 89.1 Å². The number of aliphatic carboxylic acids is 1. The largest absolute Gasteiger partial charge is 0.481 e. The Bertz CT molecular complexity index is 1730. The van der Waals surface area contributed by atoms with Crippen molar-refractivity contribution in [1.29, 1.82) is 0 Å². The van der Waals surface area contributed by atoms with Crippen molar-refractivity contribution in [3.05, 3.63) is 65.2 Å². The molecule has 0 radical (unpaired) electrons. The molecular formula is C27H22ClFN6O2. The predicted molar refractivity (Wildman–Crippen MR) is 139 cm³/mol. The number of aromatic nitrogens is 5. The number of pyridine rings is 1. The van der Waals surface area contributed by atoms with Crippen LogP contribution in [0, 0.1) is 30.6 Å². The number of fused-ring (bicyclic) bond motifs is 3. The standard InChI is InChI=1S/C27H22ClFN6O2/c1-13-4-3-5-15-24(22-18(28)7-8-19-23(22)26(29)33(2)31-19)32-35(25(13)15)14-6-9-20(30-10-14)34-11-16-17(12-34)21(16)27(36)37/h3-10,16-17,21H,11-12H2,1-2H3,(H,36,37)/t16-,17+,21?. The van der Waals surface area contributed by atoms with Crippen molar-refractivity contribution in [3.63, 3.8) is 0 Å². The minimum absolute atomic E-state index is 0.208. The summed E-state index contributed by atoms with van der Waals surface area (Å²) in [6.45, 7) is 3.43. The Morgan fingerprint density at radius 3 is 2.59 bits per heavy atom. The first kappa shape index (κ1) is 22.2. The number of benzene rings is 2. The molecule has 1 saturated carbocycles. The summed E-state index contributed by atoms with van der Waals surface area (Å²) in [5.74, 6) is -0.148. The summed E-state index contributed by atoms with van der Waals surface area (Å²) in [5, 5.41) is 20.1. The first-order valence-electron chi connectivity index (χ1n) is 12.1. The van der Waals surface area contributed by atoms with Crippen molar-refractivity contribution in [1.82, 2.24) is 24.5 Å². The number of halogens is 2. The van der Waals surface area contributed by atoms with Crippen LogP contribution in [0.5, 0.6) is 0 Å². The third-order valence-electron chi connectivity index (χ3n) is 7.80. The van der Waals surface area contributed by atoms with Crippen LogP contribution >= 0.6 is 11.6 Å². The Kier molecular flexibility index (Phi) is 4.66. The zero-order valence-electron chi connectivity index (χ0n) is 20.1. The van der Waals surface area contributed by atoms with Crippen LogP contribution in [0.15, 0.2) is 48.7 Å². The molecule has 8 nitrogen and oxygen atoms in total. The summed E-state index contributed by atoms with van der Waals surface area (Å²) >= 11 is 6.65. The minimum Gasteiger partial charge on any atom is -0.481 e. The molecule has 37 heavy (non-hydrogen) atoms. The zero-order chi connectivity index (χ0) is 25.6. The lowest BCUT2D eigenvalue weighted by Gasteiger charge is -2.20. The zero-order valence-corrected chi connectivity index (χ0v) is 20.8. The van der Waals surface area contributed by atoms with Gasteiger partial charge >= 0.3 is 5.97 Å². The molecule has 2 fully saturated rings. The van der Waals surface area contributed by atoms with Crippen LogP contribution < -0.4 is 4.90 Å². The molecule has 2 aliphatic rings. The maximum absolute atomic E-state index is 15.1. The number of rotatable bonds is 4. The van der Waals surface area contributed by atoms with E-state index in [1.807, 2.05) is 41.9 Å². The molecule has 1 aliphatic carbocycles. The highest BCUT2D eigenvalue weighted by Gasteiger charge is 2.60. The molecule has 0 bridgehead atoms. The lowest BCUT2D eigenvalue weighted by molar-refractivity contribution is -0.139. The van der Waals surface area contributed by atoms with Gasteiger partial charge < -0.3 is 10.0 Å². The van der Waals surface area contributed by atoms with E-state index in [2.05, 4.69) is 15.0 Å². The molecule has 0 amide bonds. The number of hydrogen-bond donors (Lipinski definition) is 1. The van der Waals surface area contributed by atoms with Crippen LogP contribution in [0.25, 0.3) is 38.8 Å². The third-order valence-corrected chi connectivity index (χ3v) is 8.12. The highest BCUT2D eigenvalue weighted by Crippen LogP contribution is 2.52. The molecule has 186 valence electrons. The molecule has 3 aromatic heterocycles. The van der Waals surface area contributed by atoms with Gasteiger partial charge in [-0.05, 0) is 48.6 Å². The average Bonchev–Trinajstić information content (AvgIpc) is 3.15.